The molecule has 0 spiro atoms. The Morgan fingerprint density at radius 1 is 1.22 bits per heavy atom. The molecule has 1 aliphatic rings. The summed E-state index contributed by atoms with van der Waals surface area (Å²) in [4.78, 5) is 11.7. The molecule has 0 radical (unpaired) electrons. The summed E-state index contributed by atoms with van der Waals surface area (Å²) in [5.41, 5.74) is 0.999. The topological polar surface area (TPSA) is 59.6 Å². The number of hydrogen-bond acceptors (Lipinski definition) is 3. The normalized spacial score (nSPS) is 14.8. The van der Waals surface area contributed by atoms with Crippen molar-refractivity contribution in [1.82, 2.24) is 10.6 Å². The average molecular weight is 320 g/mol. The molecule has 1 fully saturated rings. The van der Waals surface area contributed by atoms with Gasteiger partial charge in [0.2, 0.25) is 0 Å². The molecule has 1 aromatic rings. The summed E-state index contributed by atoms with van der Waals surface area (Å²) in [5.74, 6) is 1.94. The van der Waals surface area contributed by atoms with E-state index < -0.39 is 0 Å². The van der Waals surface area contributed by atoms with Crippen molar-refractivity contribution < 1.29 is 14.3 Å². The lowest BCUT2D eigenvalue weighted by Crippen LogP contribution is -2.37. The first-order valence-electron chi connectivity index (χ1n) is 8.43. The van der Waals surface area contributed by atoms with Crippen LogP contribution in [0, 0.1) is 5.92 Å². The van der Waals surface area contributed by atoms with Crippen molar-refractivity contribution in [2.45, 2.75) is 52.2 Å². The third kappa shape index (κ3) is 5.66. The van der Waals surface area contributed by atoms with Crippen molar-refractivity contribution in [3.05, 3.63) is 23.8 Å². The number of urea groups is 1. The number of ether oxygens (including phenoxy) is 2. The highest BCUT2D eigenvalue weighted by molar-refractivity contribution is 5.73. The van der Waals surface area contributed by atoms with E-state index in [4.69, 9.17) is 9.47 Å². The Bertz CT molecular complexity index is 511. The van der Waals surface area contributed by atoms with Crippen LogP contribution in [0.2, 0.25) is 0 Å². The highest BCUT2D eigenvalue weighted by Gasteiger charge is 2.18. The van der Waals surface area contributed by atoms with Crippen molar-refractivity contribution in [2.75, 3.05) is 13.7 Å². The van der Waals surface area contributed by atoms with Gasteiger partial charge in [0.15, 0.2) is 11.5 Å². The molecule has 5 nitrogen and oxygen atoms in total. The average Bonchev–Trinajstić information content (AvgIpc) is 3.04. The molecule has 0 bridgehead atoms. The second kappa shape index (κ2) is 8.65. The van der Waals surface area contributed by atoms with Crippen LogP contribution >= 0.6 is 0 Å². The Labute approximate surface area is 138 Å². The van der Waals surface area contributed by atoms with Gasteiger partial charge in [-0.05, 0) is 49.3 Å². The summed E-state index contributed by atoms with van der Waals surface area (Å²) < 4.78 is 11.4. The highest BCUT2D eigenvalue weighted by atomic mass is 16.5. The summed E-state index contributed by atoms with van der Waals surface area (Å²) in [6, 6.07) is 5.66. The van der Waals surface area contributed by atoms with Crippen molar-refractivity contribution in [2.24, 2.45) is 5.92 Å². The van der Waals surface area contributed by atoms with Crippen LogP contribution in [0.25, 0.3) is 0 Å². The lowest BCUT2D eigenvalue weighted by atomic mass is 10.2. The zero-order valence-corrected chi connectivity index (χ0v) is 14.4. The van der Waals surface area contributed by atoms with Crippen molar-refractivity contribution in [3.63, 3.8) is 0 Å². The molecule has 0 atom stereocenters. The molecule has 2 amide bonds. The zero-order valence-electron chi connectivity index (χ0n) is 14.4. The first-order valence-corrected chi connectivity index (χ1v) is 8.43. The maximum atomic E-state index is 11.7. The Morgan fingerprint density at radius 3 is 2.61 bits per heavy atom. The third-order valence-corrected chi connectivity index (χ3v) is 3.95. The van der Waals surface area contributed by atoms with Crippen LogP contribution in [-0.2, 0) is 6.54 Å². The molecule has 1 aromatic carbocycles. The minimum atomic E-state index is -0.146. The first-order chi connectivity index (χ1) is 11.1. The second-order valence-electron chi connectivity index (χ2n) is 6.47. The molecule has 0 aliphatic heterocycles. The van der Waals surface area contributed by atoms with Crippen LogP contribution in [0.4, 0.5) is 4.79 Å². The summed E-state index contributed by atoms with van der Waals surface area (Å²) >= 11 is 0. The van der Waals surface area contributed by atoms with E-state index in [1.807, 2.05) is 18.2 Å². The SMILES string of the molecule is COc1ccc(CNC(=O)NCC(C)C)cc1OC1CCCC1. The fourth-order valence-corrected chi connectivity index (χ4v) is 2.65. The van der Waals surface area contributed by atoms with Gasteiger partial charge in [-0.25, -0.2) is 4.79 Å². The van der Waals surface area contributed by atoms with Gasteiger partial charge in [0.25, 0.3) is 0 Å². The van der Waals surface area contributed by atoms with Crippen molar-refractivity contribution in [1.29, 1.82) is 0 Å². The van der Waals surface area contributed by atoms with Gasteiger partial charge in [0.1, 0.15) is 0 Å². The number of carbonyl (C=O) groups excluding carboxylic acids is 1. The molecule has 0 aromatic heterocycles. The maximum Gasteiger partial charge on any atom is 0.315 e. The van der Waals surface area contributed by atoms with Crippen LogP contribution in [0.5, 0.6) is 11.5 Å². The largest absolute Gasteiger partial charge is 0.493 e. The monoisotopic (exact) mass is 320 g/mol. The number of rotatable bonds is 7. The van der Waals surface area contributed by atoms with Crippen LogP contribution in [0.1, 0.15) is 45.1 Å². The van der Waals surface area contributed by atoms with E-state index >= 15 is 0 Å². The van der Waals surface area contributed by atoms with E-state index in [9.17, 15) is 4.79 Å². The molecule has 5 heteroatoms. The molecule has 1 aliphatic carbocycles. The molecule has 0 heterocycles. The van der Waals surface area contributed by atoms with Crippen molar-refractivity contribution >= 4 is 6.03 Å². The van der Waals surface area contributed by atoms with Crippen LogP contribution in [0.3, 0.4) is 0 Å². The predicted molar refractivity (Wildman–Crippen MR) is 91.0 cm³/mol. The van der Waals surface area contributed by atoms with E-state index in [-0.39, 0.29) is 12.1 Å². The molecule has 2 N–H and O–H groups in total. The minimum Gasteiger partial charge on any atom is -0.493 e. The Hall–Kier alpha value is -1.91. The van der Waals surface area contributed by atoms with Crippen LogP contribution in [-0.4, -0.2) is 25.8 Å². The number of benzene rings is 1. The summed E-state index contributed by atoms with van der Waals surface area (Å²) in [5, 5.41) is 5.71. The Kier molecular flexibility index (Phi) is 6.56. The van der Waals surface area contributed by atoms with Gasteiger partial charge in [-0.15, -0.1) is 0 Å². The molecule has 128 valence electrons. The summed E-state index contributed by atoms with van der Waals surface area (Å²) in [6.45, 7) is 5.27. The number of hydrogen-bond donors (Lipinski definition) is 2. The van der Waals surface area contributed by atoms with E-state index in [1.54, 1.807) is 7.11 Å². The lowest BCUT2D eigenvalue weighted by Gasteiger charge is -2.17. The molecule has 23 heavy (non-hydrogen) atoms. The minimum absolute atomic E-state index is 0.146. The summed E-state index contributed by atoms with van der Waals surface area (Å²) in [6.07, 6.45) is 4.93. The van der Waals surface area contributed by atoms with Crippen LogP contribution < -0.4 is 20.1 Å². The highest BCUT2D eigenvalue weighted by Crippen LogP contribution is 2.32. The number of nitrogens with one attached hydrogen (secondary N) is 2. The molecule has 0 saturated heterocycles. The zero-order chi connectivity index (χ0) is 16.7. The fourth-order valence-electron chi connectivity index (χ4n) is 2.65. The van der Waals surface area contributed by atoms with E-state index in [0.717, 1.165) is 29.9 Å². The Balaban J connectivity index is 1.92. The maximum absolute atomic E-state index is 11.7. The number of amides is 2. The van der Waals surface area contributed by atoms with Gasteiger partial charge in [-0.3, -0.25) is 0 Å². The van der Waals surface area contributed by atoms with Gasteiger partial charge >= 0.3 is 6.03 Å². The lowest BCUT2D eigenvalue weighted by molar-refractivity contribution is 0.200. The second-order valence-corrected chi connectivity index (χ2v) is 6.47. The third-order valence-electron chi connectivity index (χ3n) is 3.95. The predicted octanol–water partition coefficient (Wildman–Crippen LogP) is 3.47. The van der Waals surface area contributed by atoms with E-state index in [2.05, 4.69) is 24.5 Å². The molecular weight excluding hydrogens is 292 g/mol. The first kappa shape index (κ1) is 17.4. The van der Waals surface area contributed by atoms with Crippen LogP contribution in [0.15, 0.2) is 18.2 Å². The van der Waals surface area contributed by atoms with E-state index in [1.165, 1.54) is 12.8 Å². The molecular formula is C18H28N2O3. The van der Waals surface area contributed by atoms with Crippen molar-refractivity contribution in [3.8, 4) is 11.5 Å². The van der Waals surface area contributed by atoms with Gasteiger partial charge in [-0.1, -0.05) is 19.9 Å². The van der Waals surface area contributed by atoms with Gasteiger partial charge in [0, 0.05) is 13.1 Å². The van der Waals surface area contributed by atoms with Gasteiger partial charge in [-0.2, -0.15) is 0 Å². The fraction of sp³-hybridized carbons (Fsp3) is 0.611. The standard InChI is InChI=1S/C18H28N2O3/c1-13(2)11-19-18(21)20-12-14-8-9-16(22-3)17(10-14)23-15-6-4-5-7-15/h8-10,13,15H,4-7,11-12H2,1-3H3,(H2,19,20,21). The van der Waals surface area contributed by atoms with Gasteiger partial charge in [0.05, 0.1) is 13.2 Å². The number of carbonyl (C=O) groups is 1. The quantitative estimate of drug-likeness (QED) is 0.809. The Morgan fingerprint density at radius 2 is 1.96 bits per heavy atom. The summed E-state index contributed by atoms with van der Waals surface area (Å²) in [7, 11) is 1.65. The molecule has 2 rings (SSSR count). The smallest absolute Gasteiger partial charge is 0.315 e. The van der Waals surface area contributed by atoms with Gasteiger partial charge < -0.3 is 20.1 Å². The van der Waals surface area contributed by atoms with E-state index in [0.29, 0.717) is 19.0 Å². The molecule has 1 saturated carbocycles. The molecule has 0 unspecified atom stereocenters. The number of methoxy groups -OCH3 is 1.